The fourth-order valence-corrected chi connectivity index (χ4v) is 1.80. The van der Waals surface area contributed by atoms with Crippen LogP contribution in [0.15, 0.2) is 18.2 Å². The van der Waals surface area contributed by atoms with Gasteiger partial charge in [-0.3, -0.25) is 4.79 Å². The van der Waals surface area contributed by atoms with Gasteiger partial charge in [0.15, 0.2) is 0 Å². The molecule has 0 saturated carbocycles. The minimum Gasteiger partial charge on any atom is -0.496 e. The molecule has 1 atom stereocenters. The molecule has 0 fully saturated rings. The molecule has 0 spiro atoms. The number of nitrogens with one attached hydrogen (secondary N) is 1. The average molecular weight is 250 g/mol. The third kappa shape index (κ3) is 4.75. The minimum absolute atomic E-state index is 0.00313. The number of hydrogen-bond donors (Lipinski definition) is 2. The zero-order valence-electron chi connectivity index (χ0n) is 11.3. The van der Waals surface area contributed by atoms with Crippen molar-refractivity contribution in [1.82, 2.24) is 5.32 Å². The third-order valence-electron chi connectivity index (χ3n) is 2.66. The highest BCUT2D eigenvalue weighted by Crippen LogP contribution is 2.19. The van der Waals surface area contributed by atoms with E-state index in [0.29, 0.717) is 13.0 Å². The summed E-state index contributed by atoms with van der Waals surface area (Å²) in [5, 5.41) is 2.86. The van der Waals surface area contributed by atoms with Gasteiger partial charge in [-0.2, -0.15) is 0 Å². The normalized spacial score (nSPS) is 12.0. The lowest BCUT2D eigenvalue weighted by atomic mass is 10.1. The molecule has 0 saturated heterocycles. The summed E-state index contributed by atoms with van der Waals surface area (Å²) in [5.41, 5.74) is 7.86. The van der Waals surface area contributed by atoms with Crippen molar-refractivity contribution in [3.8, 4) is 5.75 Å². The number of rotatable bonds is 6. The molecule has 1 rings (SSSR count). The van der Waals surface area contributed by atoms with Crippen LogP contribution in [0, 0.1) is 6.92 Å². The molecule has 4 nitrogen and oxygen atoms in total. The van der Waals surface area contributed by atoms with Crippen LogP contribution in [0.1, 0.15) is 24.5 Å². The molecule has 1 amide bonds. The monoisotopic (exact) mass is 250 g/mol. The average Bonchev–Trinajstić information content (AvgIpc) is 2.28. The lowest BCUT2D eigenvalue weighted by Crippen LogP contribution is -2.31. The Bertz CT molecular complexity index is 403. The molecular formula is C14H22N2O2. The smallest absolute Gasteiger partial charge is 0.221 e. The van der Waals surface area contributed by atoms with Crippen LogP contribution in [0.4, 0.5) is 0 Å². The van der Waals surface area contributed by atoms with Gasteiger partial charge in [-0.15, -0.1) is 0 Å². The maximum atomic E-state index is 11.4. The van der Waals surface area contributed by atoms with E-state index in [1.807, 2.05) is 26.0 Å². The second-order valence-electron chi connectivity index (χ2n) is 4.60. The molecule has 0 aliphatic heterocycles. The quantitative estimate of drug-likeness (QED) is 0.802. The van der Waals surface area contributed by atoms with Crippen molar-refractivity contribution in [3.05, 3.63) is 29.3 Å². The van der Waals surface area contributed by atoms with Gasteiger partial charge in [-0.25, -0.2) is 0 Å². The second-order valence-corrected chi connectivity index (χ2v) is 4.60. The van der Waals surface area contributed by atoms with Crippen molar-refractivity contribution < 1.29 is 9.53 Å². The summed E-state index contributed by atoms with van der Waals surface area (Å²) in [6.07, 6.45) is 1.13. The van der Waals surface area contributed by atoms with E-state index in [2.05, 4.69) is 11.4 Å². The van der Waals surface area contributed by atoms with Gasteiger partial charge >= 0.3 is 0 Å². The van der Waals surface area contributed by atoms with E-state index in [4.69, 9.17) is 10.5 Å². The molecule has 0 aliphatic carbocycles. The zero-order valence-corrected chi connectivity index (χ0v) is 11.3. The zero-order chi connectivity index (χ0) is 13.5. The largest absolute Gasteiger partial charge is 0.496 e. The van der Waals surface area contributed by atoms with Crippen LogP contribution in [0.25, 0.3) is 0 Å². The molecule has 0 heterocycles. The van der Waals surface area contributed by atoms with E-state index in [9.17, 15) is 4.79 Å². The number of ether oxygens (including phenoxy) is 1. The lowest BCUT2D eigenvalue weighted by molar-refractivity contribution is -0.121. The summed E-state index contributed by atoms with van der Waals surface area (Å²) in [6.45, 7) is 4.46. The number of hydrogen-bond acceptors (Lipinski definition) is 3. The van der Waals surface area contributed by atoms with Gasteiger partial charge in [0.05, 0.1) is 7.11 Å². The highest BCUT2D eigenvalue weighted by Gasteiger charge is 2.06. The molecule has 100 valence electrons. The Balaban J connectivity index is 2.48. The minimum atomic E-state index is -0.0986. The number of aryl methyl sites for hydroxylation is 1. The van der Waals surface area contributed by atoms with Crippen molar-refractivity contribution in [1.29, 1.82) is 0 Å². The number of carbonyl (C=O) groups excluding carboxylic acids is 1. The first kappa shape index (κ1) is 14.5. The Labute approximate surface area is 109 Å². The van der Waals surface area contributed by atoms with Crippen LogP contribution in [0.2, 0.25) is 0 Å². The van der Waals surface area contributed by atoms with Crippen molar-refractivity contribution in [2.45, 2.75) is 32.7 Å². The van der Waals surface area contributed by atoms with Crippen molar-refractivity contribution in [3.63, 3.8) is 0 Å². The first-order valence-electron chi connectivity index (χ1n) is 6.18. The van der Waals surface area contributed by atoms with Gasteiger partial charge in [0.25, 0.3) is 0 Å². The maximum absolute atomic E-state index is 11.4. The van der Waals surface area contributed by atoms with Crippen molar-refractivity contribution >= 4 is 5.91 Å². The Morgan fingerprint density at radius 2 is 2.22 bits per heavy atom. The first-order chi connectivity index (χ1) is 8.52. The molecule has 0 aromatic heterocycles. The molecule has 3 N–H and O–H groups in total. The van der Waals surface area contributed by atoms with Crippen LogP contribution in [-0.2, 0) is 11.2 Å². The number of carbonyl (C=O) groups is 1. The van der Waals surface area contributed by atoms with E-state index in [1.54, 1.807) is 7.11 Å². The van der Waals surface area contributed by atoms with Crippen molar-refractivity contribution in [2.24, 2.45) is 5.73 Å². The fraction of sp³-hybridized carbons (Fsp3) is 0.500. The SMILES string of the molecule is COc1ccc(C)cc1CCNC(=O)CC(C)N. The number of benzene rings is 1. The highest BCUT2D eigenvalue weighted by molar-refractivity contribution is 5.76. The molecule has 0 bridgehead atoms. The summed E-state index contributed by atoms with van der Waals surface area (Å²) in [5.74, 6) is 0.860. The van der Waals surface area contributed by atoms with Gasteiger partial charge in [-0.05, 0) is 31.9 Å². The van der Waals surface area contributed by atoms with Crippen LogP contribution in [0.3, 0.4) is 0 Å². The predicted octanol–water partition coefficient (Wildman–Crippen LogP) is 1.40. The van der Waals surface area contributed by atoms with E-state index in [-0.39, 0.29) is 11.9 Å². The summed E-state index contributed by atoms with van der Waals surface area (Å²) >= 11 is 0. The Kier molecular flexibility index (Phi) is 5.65. The highest BCUT2D eigenvalue weighted by atomic mass is 16.5. The maximum Gasteiger partial charge on any atom is 0.221 e. The van der Waals surface area contributed by atoms with Crippen LogP contribution >= 0.6 is 0 Å². The van der Waals surface area contributed by atoms with E-state index in [1.165, 1.54) is 5.56 Å². The van der Waals surface area contributed by atoms with E-state index in [0.717, 1.165) is 17.7 Å². The van der Waals surface area contributed by atoms with Gasteiger partial charge < -0.3 is 15.8 Å². The van der Waals surface area contributed by atoms with E-state index < -0.39 is 0 Å². The first-order valence-corrected chi connectivity index (χ1v) is 6.18. The summed E-state index contributed by atoms with van der Waals surface area (Å²) < 4.78 is 5.29. The fourth-order valence-electron chi connectivity index (χ4n) is 1.80. The molecule has 0 radical (unpaired) electrons. The molecule has 1 unspecified atom stereocenters. The summed E-state index contributed by atoms with van der Waals surface area (Å²) in [6, 6.07) is 5.95. The van der Waals surface area contributed by atoms with Crippen molar-refractivity contribution in [2.75, 3.05) is 13.7 Å². The van der Waals surface area contributed by atoms with Gasteiger partial charge in [-0.1, -0.05) is 17.7 Å². The summed E-state index contributed by atoms with van der Waals surface area (Å²) in [7, 11) is 1.66. The Morgan fingerprint density at radius 3 is 2.83 bits per heavy atom. The lowest BCUT2D eigenvalue weighted by Gasteiger charge is -2.11. The molecule has 1 aromatic rings. The topological polar surface area (TPSA) is 64.3 Å². The van der Waals surface area contributed by atoms with E-state index >= 15 is 0 Å². The molecule has 18 heavy (non-hydrogen) atoms. The predicted molar refractivity (Wildman–Crippen MR) is 72.7 cm³/mol. The standard InChI is InChI=1S/C14H22N2O2/c1-10-4-5-13(18-3)12(8-10)6-7-16-14(17)9-11(2)15/h4-5,8,11H,6-7,9,15H2,1-3H3,(H,16,17). The molecule has 0 aliphatic rings. The number of methoxy groups -OCH3 is 1. The molecule has 4 heteroatoms. The second kappa shape index (κ2) is 7.01. The molecule has 1 aromatic carbocycles. The Hall–Kier alpha value is -1.55. The van der Waals surface area contributed by atoms with Crippen LogP contribution in [0.5, 0.6) is 5.75 Å². The molecular weight excluding hydrogens is 228 g/mol. The number of nitrogens with two attached hydrogens (primary N) is 1. The van der Waals surface area contributed by atoms with Crippen LogP contribution in [-0.4, -0.2) is 25.6 Å². The third-order valence-corrected chi connectivity index (χ3v) is 2.66. The van der Waals surface area contributed by atoms with Gasteiger partial charge in [0.1, 0.15) is 5.75 Å². The Morgan fingerprint density at radius 1 is 1.50 bits per heavy atom. The van der Waals surface area contributed by atoms with Gasteiger partial charge in [0.2, 0.25) is 5.91 Å². The summed E-state index contributed by atoms with van der Waals surface area (Å²) in [4.78, 5) is 11.4. The van der Waals surface area contributed by atoms with Crippen LogP contribution < -0.4 is 15.8 Å². The van der Waals surface area contributed by atoms with Gasteiger partial charge in [0, 0.05) is 19.0 Å². The number of amides is 1.